The summed E-state index contributed by atoms with van der Waals surface area (Å²) in [7, 11) is 0. The first-order valence-corrected chi connectivity index (χ1v) is 6.70. The van der Waals surface area contributed by atoms with Gasteiger partial charge < -0.3 is 14.8 Å². The minimum atomic E-state index is -0.308. The van der Waals surface area contributed by atoms with Gasteiger partial charge in [-0.25, -0.2) is 0 Å². The summed E-state index contributed by atoms with van der Waals surface area (Å²) in [5, 5.41) is 3.48. The van der Waals surface area contributed by atoms with Crippen molar-refractivity contribution in [2.75, 3.05) is 18.5 Å². The maximum atomic E-state index is 5.71. The van der Waals surface area contributed by atoms with Crippen LogP contribution in [0.4, 0.5) is 5.69 Å². The number of pyridine rings is 1. The number of hydrogen-bond acceptors (Lipinski definition) is 4. The van der Waals surface area contributed by atoms with E-state index in [2.05, 4.69) is 26.2 Å². The summed E-state index contributed by atoms with van der Waals surface area (Å²) in [5.74, 6) is -0.308. The molecule has 0 bridgehead atoms. The fourth-order valence-electron chi connectivity index (χ4n) is 2.58. The van der Waals surface area contributed by atoms with Crippen molar-refractivity contribution in [3.63, 3.8) is 0 Å². The lowest BCUT2D eigenvalue weighted by Crippen LogP contribution is -2.28. The van der Waals surface area contributed by atoms with E-state index >= 15 is 0 Å². The van der Waals surface area contributed by atoms with Crippen LogP contribution in [0.15, 0.2) is 22.9 Å². The minimum absolute atomic E-state index is 0.308. The Labute approximate surface area is 109 Å². The minimum Gasteiger partial charge on any atom is -0.381 e. The van der Waals surface area contributed by atoms with Gasteiger partial charge in [0.15, 0.2) is 5.79 Å². The van der Waals surface area contributed by atoms with E-state index in [1.165, 1.54) is 0 Å². The summed E-state index contributed by atoms with van der Waals surface area (Å²) in [6.07, 6.45) is 6.59. The van der Waals surface area contributed by atoms with Crippen LogP contribution in [0.1, 0.15) is 19.3 Å². The molecule has 1 saturated carbocycles. The van der Waals surface area contributed by atoms with Crippen molar-refractivity contribution in [1.82, 2.24) is 4.98 Å². The van der Waals surface area contributed by atoms with E-state index in [1.807, 2.05) is 12.3 Å². The van der Waals surface area contributed by atoms with Crippen LogP contribution in [0.5, 0.6) is 0 Å². The second-order valence-corrected chi connectivity index (χ2v) is 5.50. The van der Waals surface area contributed by atoms with Gasteiger partial charge in [0.1, 0.15) is 0 Å². The van der Waals surface area contributed by atoms with Gasteiger partial charge in [0.05, 0.1) is 25.1 Å². The highest BCUT2D eigenvalue weighted by molar-refractivity contribution is 9.10. The number of rotatable bonds is 2. The molecule has 1 atom stereocenters. The van der Waals surface area contributed by atoms with Gasteiger partial charge in [-0.1, -0.05) is 0 Å². The summed E-state index contributed by atoms with van der Waals surface area (Å²) in [5.41, 5.74) is 1.04. The molecule has 0 amide bonds. The Balaban J connectivity index is 1.64. The van der Waals surface area contributed by atoms with Crippen molar-refractivity contribution < 1.29 is 9.47 Å². The number of nitrogens with one attached hydrogen (secondary N) is 1. The number of nitrogens with zero attached hydrogens (tertiary/aromatic N) is 1. The summed E-state index contributed by atoms with van der Waals surface area (Å²) in [6, 6.07) is 2.44. The quantitative estimate of drug-likeness (QED) is 0.911. The molecule has 2 fully saturated rings. The lowest BCUT2D eigenvalue weighted by molar-refractivity contribution is -0.150. The highest BCUT2D eigenvalue weighted by Crippen LogP contribution is 2.38. The SMILES string of the molecule is Brc1cncc(N[C@@H]2CCC3(C2)OCCO3)c1. The van der Waals surface area contributed by atoms with Crippen LogP contribution in [0.25, 0.3) is 0 Å². The van der Waals surface area contributed by atoms with Crippen molar-refractivity contribution in [2.24, 2.45) is 0 Å². The second-order valence-electron chi connectivity index (χ2n) is 4.58. The third-order valence-electron chi connectivity index (χ3n) is 3.32. The second kappa shape index (κ2) is 4.55. The maximum Gasteiger partial charge on any atom is 0.170 e. The number of halogens is 1. The smallest absolute Gasteiger partial charge is 0.170 e. The highest BCUT2D eigenvalue weighted by Gasteiger charge is 2.43. The molecule has 17 heavy (non-hydrogen) atoms. The molecule has 1 saturated heterocycles. The lowest BCUT2D eigenvalue weighted by atomic mass is 10.2. The number of anilines is 1. The van der Waals surface area contributed by atoms with Gasteiger partial charge in [-0.05, 0) is 28.4 Å². The van der Waals surface area contributed by atoms with Crippen LogP contribution < -0.4 is 5.32 Å². The van der Waals surface area contributed by atoms with E-state index < -0.39 is 0 Å². The average Bonchev–Trinajstić information content (AvgIpc) is 2.90. The van der Waals surface area contributed by atoms with E-state index in [1.54, 1.807) is 6.20 Å². The number of ether oxygens (including phenoxy) is 2. The van der Waals surface area contributed by atoms with Gasteiger partial charge in [0, 0.05) is 29.6 Å². The molecule has 1 aliphatic carbocycles. The van der Waals surface area contributed by atoms with Crippen LogP contribution in [-0.2, 0) is 9.47 Å². The fourth-order valence-corrected chi connectivity index (χ4v) is 2.95. The predicted octanol–water partition coefficient (Wildman–Crippen LogP) is 2.55. The number of aromatic nitrogens is 1. The first-order valence-electron chi connectivity index (χ1n) is 5.91. The Morgan fingerprint density at radius 1 is 1.35 bits per heavy atom. The Kier molecular flexibility index (Phi) is 3.06. The molecule has 5 heteroatoms. The molecule has 2 heterocycles. The zero-order valence-corrected chi connectivity index (χ0v) is 11.1. The normalized spacial score (nSPS) is 26.5. The van der Waals surface area contributed by atoms with Crippen LogP contribution in [0.2, 0.25) is 0 Å². The van der Waals surface area contributed by atoms with Gasteiger partial charge in [-0.3, -0.25) is 4.98 Å². The standard InChI is InChI=1S/C12H15BrN2O2/c13-9-5-11(8-14-7-9)15-10-1-2-12(6-10)16-3-4-17-12/h5,7-8,10,15H,1-4,6H2/t10-/m1/s1. The van der Waals surface area contributed by atoms with Crippen molar-refractivity contribution in [2.45, 2.75) is 31.1 Å². The van der Waals surface area contributed by atoms with E-state index in [0.717, 1.165) is 42.6 Å². The van der Waals surface area contributed by atoms with E-state index in [4.69, 9.17) is 9.47 Å². The van der Waals surface area contributed by atoms with E-state index in [-0.39, 0.29) is 5.79 Å². The molecule has 4 nitrogen and oxygen atoms in total. The van der Waals surface area contributed by atoms with Crippen molar-refractivity contribution in [3.05, 3.63) is 22.9 Å². The molecule has 92 valence electrons. The Morgan fingerprint density at radius 2 is 2.18 bits per heavy atom. The predicted molar refractivity (Wildman–Crippen MR) is 67.8 cm³/mol. The molecule has 1 aliphatic heterocycles. The molecule has 1 aromatic rings. The molecule has 2 aliphatic rings. The first-order chi connectivity index (χ1) is 8.26. The fraction of sp³-hybridized carbons (Fsp3) is 0.583. The largest absolute Gasteiger partial charge is 0.381 e. The first kappa shape index (κ1) is 11.4. The van der Waals surface area contributed by atoms with Crippen LogP contribution in [0, 0.1) is 0 Å². The van der Waals surface area contributed by atoms with Crippen LogP contribution in [-0.4, -0.2) is 30.0 Å². The monoisotopic (exact) mass is 298 g/mol. The Bertz CT molecular complexity index is 407. The third-order valence-corrected chi connectivity index (χ3v) is 3.75. The van der Waals surface area contributed by atoms with Gasteiger partial charge in [-0.2, -0.15) is 0 Å². The molecular weight excluding hydrogens is 284 g/mol. The van der Waals surface area contributed by atoms with Crippen LogP contribution >= 0.6 is 15.9 Å². The third kappa shape index (κ3) is 2.46. The van der Waals surface area contributed by atoms with Gasteiger partial charge in [-0.15, -0.1) is 0 Å². The molecule has 1 aromatic heterocycles. The summed E-state index contributed by atoms with van der Waals surface area (Å²) >= 11 is 3.42. The van der Waals surface area contributed by atoms with Gasteiger partial charge in [0.25, 0.3) is 0 Å². The molecule has 0 unspecified atom stereocenters. The van der Waals surface area contributed by atoms with Crippen molar-refractivity contribution >= 4 is 21.6 Å². The number of hydrogen-bond donors (Lipinski definition) is 1. The Morgan fingerprint density at radius 3 is 2.94 bits per heavy atom. The topological polar surface area (TPSA) is 43.4 Å². The summed E-state index contributed by atoms with van der Waals surface area (Å²) in [4.78, 5) is 4.14. The molecule has 3 rings (SSSR count). The highest BCUT2D eigenvalue weighted by atomic mass is 79.9. The molecule has 1 spiro atoms. The molecule has 0 aromatic carbocycles. The van der Waals surface area contributed by atoms with Gasteiger partial charge >= 0.3 is 0 Å². The summed E-state index contributed by atoms with van der Waals surface area (Å²) < 4.78 is 12.4. The van der Waals surface area contributed by atoms with Crippen molar-refractivity contribution in [3.8, 4) is 0 Å². The Hall–Kier alpha value is -0.650. The van der Waals surface area contributed by atoms with Crippen LogP contribution in [0.3, 0.4) is 0 Å². The molecule has 1 N–H and O–H groups in total. The summed E-state index contributed by atoms with van der Waals surface area (Å²) in [6.45, 7) is 1.45. The average molecular weight is 299 g/mol. The van der Waals surface area contributed by atoms with E-state index in [0.29, 0.717) is 6.04 Å². The lowest BCUT2D eigenvalue weighted by Gasteiger charge is -2.22. The zero-order valence-electron chi connectivity index (χ0n) is 9.49. The van der Waals surface area contributed by atoms with E-state index in [9.17, 15) is 0 Å². The maximum absolute atomic E-state index is 5.71. The molecule has 0 radical (unpaired) electrons. The van der Waals surface area contributed by atoms with Gasteiger partial charge in [0.2, 0.25) is 0 Å². The molecular formula is C12H15BrN2O2. The zero-order chi connectivity index (χ0) is 11.7. The van der Waals surface area contributed by atoms with Crippen molar-refractivity contribution in [1.29, 1.82) is 0 Å².